The van der Waals surface area contributed by atoms with Crippen LogP contribution in [0.2, 0.25) is 5.02 Å². The number of halogens is 2. The summed E-state index contributed by atoms with van der Waals surface area (Å²) >= 11 is 7.80. The van der Waals surface area contributed by atoms with E-state index in [0.29, 0.717) is 15.5 Å². The summed E-state index contributed by atoms with van der Waals surface area (Å²) < 4.78 is 19.2. The van der Waals surface area contributed by atoms with Crippen LogP contribution in [0.3, 0.4) is 0 Å². The topological polar surface area (TPSA) is 38.7 Å². The van der Waals surface area contributed by atoms with Crippen molar-refractivity contribution in [3.63, 3.8) is 0 Å². The number of esters is 1. The normalized spacial score (nSPS) is 15.8. The molecule has 1 aliphatic heterocycles. The molecule has 2 aromatic carbocycles. The molecule has 6 heteroatoms. The minimum atomic E-state index is -0.553. The molecule has 118 valence electrons. The molecule has 3 aromatic rings. The standard InChI is InChI=1S/C18H9ClFNO2S/c19-15-12-3-1-2-4-14(12)24-16(15)17-21-13(18(22)23-17)9-10-5-7-11(20)8-6-10/h1-9H/b13-9+. The van der Waals surface area contributed by atoms with Crippen molar-refractivity contribution in [3.05, 3.63) is 75.5 Å². The molecule has 24 heavy (non-hydrogen) atoms. The lowest BCUT2D eigenvalue weighted by Crippen LogP contribution is -2.04. The van der Waals surface area contributed by atoms with Gasteiger partial charge in [-0.3, -0.25) is 0 Å². The van der Waals surface area contributed by atoms with Crippen LogP contribution in [0.25, 0.3) is 16.2 Å². The van der Waals surface area contributed by atoms with E-state index in [1.54, 1.807) is 18.2 Å². The number of ether oxygens (including phenoxy) is 1. The molecular formula is C18H9ClFNO2S. The van der Waals surface area contributed by atoms with Crippen LogP contribution in [-0.2, 0) is 9.53 Å². The van der Waals surface area contributed by atoms with Gasteiger partial charge in [-0.05, 0) is 29.8 Å². The van der Waals surface area contributed by atoms with Crippen LogP contribution in [0.4, 0.5) is 4.39 Å². The van der Waals surface area contributed by atoms with Gasteiger partial charge in [0.25, 0.3) is 0 Å². The Hall–Kier alpha value is -2.50. The summed E-state index contributed by atoms with van der Waals surface area (Å²) in [5, 5.41) is 1.42. The fourth-order valence-corrected chi connectivity index (χ4v) is 3.81. The number of rotatable bonds is 2. The molecule has 2 heterocycles. The van der Waals surface area contributed by atoms with Crippen LogP contribution in [0.5, 0.6) is 0 Å². The van der Waals surface area contributed by atoms with Gasteiger partial charge in [0.05, 0.1) is 5.02 Å². The summed E-state index contributed by atoms with van der Waals surface area (Å²) in [6, 6.07) is 13.4. The molecule has 4 rings (SSSR count). The molecule has 0 amide bonds. The second kappa shape index (κ2) is 5.85. The molecule has 1 aromatic heterocycles. The number of aliphatic imine (C=N–C) groups is 1. The third kappa shape index (κ3) is 2.62. The Balaban J connectivity index is 1.75. The van der Waals surface area contributed by atoms with E-state index in [-0.39, 0.29) is 17.4 Å². The monoisotopic (exact) mass is 357 g/mol. The number of benzene rings is 2. The lowest BCUT2D eigenvalue weighted by Gasteiger charge is -1.95. The maximum absolute atomic E-state index is 13.0. The van der Waals surface area contributed by atoms with Crippen molar-refractivity contribution in [2.24, 2.45) is 4.99 Å². The Morgan fingerprint density at radius 1 is 1.12 bits per heavy atom. The molecule has 0 radical (unpaired) electrons. The van der Waals surface area contributed by atoms with Gasteiger partial charge in [0.15, 0.2) is 5.70 Å². The molecule has 1 aliphatic rings. The van der Waals surface area contributed by atoms with Crippen molar-refractivity contribution < 1.29 is 13.9 Å². The van der Waals surface area contributed by atoms with Gasteiger partial charge in [-0.2, -0.15) is 0 Å². The first-order valence-electron chi connectivity index (χ1n) is 7.07. The van der Waals surface area contributed by atoms with E-state index in [9.17, 15) is 9.18 Å². The molecule has 0 bridgehead atoms. The van der Waals surface area contributed by atoms with Crippen molar-refractivity contribution >= 4 is 51.0 Å². The zero-order chi connectivity index (χ0) is 16.7. The van der Waals surface area contributed by atoms with Gasteiger partial charge >= 0.3 is 5.97 Å². The number of carbonyl (C=O) groups excluding carboxylic acids is 1. The molecule has 0 spiro atoms. The van der Waals surface area contributed by atoms with Crippen molar-refractivity contribution in [1.82, 2.24) is 0 Å². The second-order valence-corrected chi connectivity index (χ2v) is 6.56. The van der Waals surface area contributed by atoms with Crippen molar-refractivity contribution in [2.75, 3.05) is 0 Å². The van der Waals surface area contributed by atoms with Gasteiger partial charge in [0, 0.05) is 10.1 Å². The summed E-state index contributed by atoms with van der Waals surface area (Å²) in [4.78, 5) is 16.9. The maximum Gasteiger partial charge on any atom is 0.363 e. The highest BCUT2D eigenvalue weighted by molar-refractivity contribution is 7.21. The highest BCUT2D eigenvalue weighted by Crippen LogP contribution is 2.37. The first-order valence-corrected chi connectivity index (χ1v) is 8.27. The van der Waals surface area contributed by atoms with E-state index >= 15 is 0 Å². The second-order valence-electron chi connectivity index (χ2n) is 5.13. The fourth-order valence-electron chi connectivity index (χ4n) is 2.37. The fraction of sp³-hybridized carbons (Fsp3) is 0. The van der Waals surface area contributed by atoms with Gasteiger partial charge in [-0.1, -0.05) is 41.9 Å². The molecule has 0 fully saturated rings. The van der Waals surface area contributed by atoms with Crippen LogP contribution < -0.4 is 0 Å². The number of hydrogen-bond donors (Lipinski definition) is 0. The first-order chi connectivity index (χ1) is 11.6. The summed E-state index contributed by atoms with van der Waals surface area (Å²) in [5.74, 6) is -0.699. The van der Waals surface area contributed by atoms with Crippen LogP contribution in [-0.4, -0.2) is 11.9 Å². The number of cyclic esters (lactones) is 1. The summed E-state index contributed by atoms with van der Waals surface area (Å²) in [6.07, 6.45) is 1.55. The molecule has 0 atom stereocenters. The van der Waals surface area contributed by atoms with Gasteiger partial charge in [-0.15, -0.1) is 11.3 Å². The Bertz CT molecular complexity index is 1020. The number of nitrogens with zero attached hydrogens (tertiary/aromatic N) is 1. The molecule has 0 saturated carbocycles. The molecule has 0 saturated heterocycles. The lowest BCUT2D eigenvalue weighted by molar-refractivity contribution is -0.129. The van der Waals surface area contributed by atoms with Gasteiger partial charge in [0.2, 0.25) is 5.90 Å². The van der Waals surface area contributed by atoms with Gasteiger partial charge in [-0.25, -0.2) is 14.2 Å². The minimum absolute atomic E-state index is 0.158. The van der Waals surface area contributed by atoms with E-state index in [2.05, 4.69) is 4.99 Å². The summed E-state index contributed by atoms with van der Waals surface area (Å²) in [7, 11) is 0. The number of carbonyl (C=O) groups is 1. The Morgan fingerprint density at radius 3 is 2.62 bits per heavy atom. The molecular weight excluding hydrogens is 349 g/mol. The first kappa shape index (κ1) is 15.1. The number of hydrogen-bond acceptors (Lipinski definition) is 4. The largest absolute Gasteiger partial charge is 0.401 e. The molecule has 0 aliphatic carbocycles. The van der Waals surface area contributed by atoms with Gasteiger partial charge < -0.3 is 4.74 Å². The van der Waals surface area contributed by atoms with E-state index in [4.69, 9.17) is 16.3 Å². The Morgan fingerprint density at radius 2 is 1.88 bits per heavy atom. The van der Waals surface area contributed by atoms with E-state index < -0.39 is 5.97 Å². The Kier molecular flexibility index (Phi) is 3.67. The predicted octanol–water partition coefficient (Wildman–Crippen LogP) is 5.04. The number of fused-ring (bicyclic) bond motifs is 1. The van der Waals surface area contributed by atoms with Crippen molar-refractivity contribution in [2.45, 2.75) is 0 Å². The third-order valence-electron chi connectivity index (χ3n) is 3.52. The van der Waals surface area contributed by atoms with E-state index in [1.165, 1.54) is 23.5 Å². The quantitative estimate of drug-likeness (QED) is 0.476. The van der Waals surface area contributed by atoms with Crippen LogP contribution in [0.1, 0.15) is 10.4 Å². The zero-order valence-corrected chi connectivity index (χ0v) is 13.7. The van der Waals surface area contributed by atoms with Crippen molar-refractivity contribution in [1.29, 1.82) is 0 Å². The average Bonchev–Trinajstić information content (AvgIpc) is 3.11. The molecule has 3 nitrogen and oxygen atoms in total. The lowest BCUT2D eigenvalue weighted by atomic mass is 10.2. The smallest absolute Gasteiger partial charge is 0.363 e. The molecule has 0 unspecified atom stereocenters. The van der Waals surface area contributed by atoms with Gasteiger partial charge in [0.1, 0.15) is 10.7 Å². The SMILES string of the molecule is O=C1OC(c2sc3ccccc3c2Cl)=N/C1=C/c1ccc(F)cc1. The van der Waals surface area contributed by atoms with Crippen molar-refractivity contribution in [3.8, 4) is 0 Å². The molecule has 0 N–H and O–H groups in total. The summed E-state index contributed by atoms with van der Waals surface area (Å²) in [6.45, 7) is 0. The van der Waals surface area contributed by atoms with Crippen LogP contribution in [0.15, 0.2) is 59.2 Å². The average molecular weight is 358 g/mol. The maximum atomic E-state index is 13.0. The Labute approximate surface area is 145 Å². The zero-order valence-electron chi connectivity index (χ0n) is 12.1. The van der Waals surface area contributed by atoms with E-state index in [0.717, 1.165) is 10.1 Å². The highest BCUT2D eigenvalue weighted by Gasteiger charge is 2.27. The van der Waals surface area contributed by atoms with Crippen LogP contribution in [0, 0.1) is 5.82 Å². The van der Waals surface area contributed by atoms with E-state index in [1.807, 2.05) is 24.3 Å². The minimum Gasteiger partial charge on any atom is -0.401 e. The number of thiophene rings is 1. The predicted molar refractivity (Wildman–Crippen MR) is 93.8 cm³/mol. The highest BCUT2D eigenvalue weighted by atomic mass is 35.5. The van der Waals surface area contributed by atoms with Crippen LogP contribution >= 0.6 is 22.9 Å². The summed E-state index contributed by atoms with van der Waals surface area (Å²) in [5.41, 5.74) is 0.820. The third-order valence-corrected chi connectivity index (χ3v) is 5.19.